The van der Waals surface area contributed by atoms with Gasteiger partial charge in [-0.05, 0) is 69.0 Å². The van der Waals surface area contributed by atoms with E-state index in [1.54, 1.807) is 0 Å². The maximum absolute atomic E-state index is 11.6. The molecule has 1 unspecified atom stereocenters. The molecule has 0 bridgehead atoms. The third-order valence-electron chi connectivity index (χ3n) is 5.43. The largest absolute Gasteiger partial charge is 0.310 e. The van der Waals surface area contributed by atoms with Gasteiger partial charge < -0.3 is 5.32 Å². The molecule has 0 spiro atoms. The van der Waals surface area contributed by atoms with Crippen LogP contribution < -0.4 is 5.32 Å². The van der Waals surface area contributed by atoms with Crippen LogP contribution in [0.15, 0.2) is 18.2 Å². The summed E-state index contributed by atoms with van der Waals surface area (Å²) in [5, 5.41) is 3.64. The van der Waals surface area contributed by atoms with Gasteiger partial charge in [0.1, 0.15) is 9.84 Å². The first-order valence-corrected chi connectivity index (χ1v) is 10.4. The first-order valence-electron chi connectivity index (χ1n) is 8.45. The van der Waals surface area contributed by atoms with Crippen LogP contribution in [0.2, 0.25) is 0 Å². The Balaban J connectivity index is 1.52. The molecule has 1 aromatic rings. The number of fused-ring (bicyclic) bond motifs is 1. The number of benzene rings is 1. The van der Waals surface area contributed by atoms with Crippen molar-refractivity contribution in [3.8, 4) is 0 Å². The summed E-state index contributed by atoms with van der Waals surface area (Å²) in [6.45, 7) is 3.18. The predicted molar refractivity (Wildman–Crippen MR) is 90.8 cm³/mol. The fraction of sp³-hybridized carbons (Fsp3) is 0.667. The lowest BCUT2D eigenvalue weighted by molar-refractivity contribution is 0.327. The molecule has 1 atom stereocenters. The minimum atomic E-state index is -2.85. The quantitative estimate of drug-likeness (QED) is 0.926. The molecule has 0 saturated heterocycles. The lowest BCUT2D eigenvalue weighted by Crippen LogP contribution is -2.32. The maximum atomic E-state index is 11.6. The molecule has 0 aliphatic heterocycles. The fourth-order valence-corrected chi connectivity index (χ4v) is 5.14. The van der Waals surface area contributed by atoms with E-state index >= 15 is 0 Å². The molecule has 22 heavy (non-hydrogen) atoms. The molecule has 3 rings (SSSR count). The summed E-state index contributed by atoms with van der Waals surface area (Å²) in [6.07, 6.45) is 7.51. The molecule has 0 amide bonds. The van der Waals surface area contributed by atoms with E-state index in [1.807, 2.05) is 0 Å². The summed E-state index contributed by atoms with van der Waals surface area (Å²) in [6, 6.07) is 7.28. The van der Waals surface area contributed by atoms with Crippen molar-refractivity contribution in [3.05, 3.63) is 34.9 Å². The minimum absolute atomic E-state index is 0.0985. The zero-order chi connectivity index (χ0) is 15.7. The van der Waals surface area contributed by atoms with Crippen LogP contribution in [0, 0.1) is 12.8 Å². The minimum Gasteiger partial charge on any atom is -0.310 e. The number of aryl methyl sites for hydroxylation is 2. The van der Waals surface area contributed by atoms with Gasteiger partial charge >= 0.3 is 0 Å². The standard InChI is InChI=1S/C18H27NO2S/c1-13-3-6-15-7-10-18(17(15)11-13)19-12-14-4-8-16(9-5-14)22(2,20)21/h3,6,11,14,16,18-19H,4-5,7-10,12H2,1-2H3. The van der Waals surface area contributed by atoms with Crippen LogP contribution in [0.4, 0.5) is 0 Å². The highest BCUT2D eigenvalue weighted by Gasteiger charge is 2.29. The van der Waals surface area contributed by atoms with Gasteiger partial charge in [0.05, 0.1) is 5.25 Å². The summed E-state index contributed by atoms with van der Waals surface area (Å²) < 4.78 is 23.2. The summed E-state index contributed by atoms with van der Waals surface area (Å²) >= 11 is 0. The molecule has 0 aromatic heterocycles. The molecular formula is C18H27NO2S. The molecule has 0 heterocycles. The number of hydrogen-bond donors (Lipinski definition) is 1. The Labute approximate surface area is 134 Å². The van der Waals surface area contributed by atoms with Gasteiger partial charge in [0.15, 0.2) is 0 Å². The van der Waals surface area contributed by atoms with E-state index in [0.29, 0.717) is 12.0 Å². The Morgan fingerprint density at radius 1 is 1.14 bits per heavy atom. The lowest BCUT2D eigenvalue weighted by atomic mass is 9.88. The van der Waals surface area contributed by atoms with E-state index in [-0.39, 0.29) is 5.25 Å². The Hall–Kier alpha value is -0.870. The van der Waals surface area contributed by atoms with Crippen LogP contribution in [-0.4, -0.2) is 26.5 Å². The number of rotatable bonds is 4. The van der Waals surface area contributed by atoms with Crippen molar-refractivity contribution in [3.63, 3.8) is 0 Å². The number of sulfone groups is 1. The second-order valence-corrected chi connectivity index (χ2v) is 9.50. The zero-order valence-corrected chi connectivity index (χ0v) is 14.5. The molecule has 2 aliphatic carbocycles. The SMILES string of the molecule is Cc1ccc2c(c1)C(NCC1CCC(S(C)(=O)=O)CC1)CC2. The second kappa shape index (κ2) is 6.32. The fourth-order valence-electron chi connectivity index (χ4n) is 4.01. The highest BCUT2D eigenvalue weighted by atomic mass is 32.2. The summed E-state index contributed by atoms with van der Waals surface area (Å²) in [7, 11) is -2.85. The Kier molecular flexibility index (Phi) is 4.60. The third kappa shape index (κ3) is 3.54. The molecule has 122 valence electrons. The van der Waals surface area contributed by atoms with Crippen molar-refractivity contribution in [2.75, 3.05) is 12.8 Å². The molecule has 3 nitrogen and oxygen atoms in total. The van der Waals surface area contributed by atoms with Crippen LogP contribution in [-0.2, 0) is 16.3 Å². The smallest absolute Gasteiger partial charge is 0.150 e. The highest BCUT2D eigenvalue weighted by Crippen LogP contribution is 2.33. The molecule has 0 radical (unpaired) electrons. The van der Waals surface area contributed by atoms with Crippen molar-refractivity contribution < 1.29 is 8.42 Å². The van der Waals surface area contributed by atoms with Gasteiger partial charge in [0.2, 0.25) is 0 Å². The number of nitrogens with one attached hydrogen (secondary N) is 1. The first-order chi connectivity index (χ1) is 10.4. The Bertz CT molecular complexity index is 630. The molecule has 1 saturated carbocycles. The molecule has 2 aliphatic rings. The summed E-state index contributed by atoms with van der Waals surface area (Å²) in [5.74, 6) is 0.631. The maximum Gasteiger partial charge on any atom is 0.150 e. The van der Waals surface area contributed by atoms with Crippen LogP contribution >= 0.6 is 0 Å². The number of hydrogen-bond acceptors (Lipinski definition) is 3. The van der Waals surface area contributed by atoms with E-state index in [0.717, 1.165) is 32.2 Å². The monoisotopic (exact) mass is 321 g/mol. The van der Waals surface area contributed by atoms with Crippen molar-refractivity contribution >= 4 is 9.84 Å². The zero-order valence-electron chi connectivity index (χ0n) is 13.6. The topological polar surface area (TPSA) is 46.2 Å². The molecule has 4 heteroatoms. The van der Waals surface area contributed by atoms with E-state index in [9.17, 15) is 8.42 Å². The van der Waals surface area contributed by atoms with Crippen molar-refractivity contribution in [1.82, 2.24) is 5.32 Å². The molecular weight excluding hydrogens is 294 g/mol. The Morgan fingerprint density at radius 3 is 2.55 bits per heavy atom. The van der Waals surface area contributed by atoms with Gasteiger partial charge in [-0.25, -0.2) is 8.42 Å². The van der Waals surface area contributed by atoms with Gasteiger partial charge in [-0.1, -0.05) is 23.8 Å². The third-order valence-corrected chi connectivity index (χ3v) is 7.11. The molecule has 1 N–H and O–H groups in total. The van der Waals surface area contributed by atoms with Gasteiger partial charge in [0, 0.05) is 12.3 Å². The van der Waals surface area contributed by atoms with Gasteiger partial charge in [-0.15, -0.1) is 0 Å². The van der Waals surface area contributed by atoms with Crippen LogP contribution in [0.3, 0.4) is 0 Å². The summed E-state index contributed by atoms with van der Waals surface area (Å²) in [4.78, 5) is 0. The van der Waals surface area contributed by atoms with Gasteiger partial charge in [-0.3, -0.25) is 0 Å². The average Bonchev–Trinajstić information content (AvgIpc) is 2.87. The van der Waals surface area contributed by atoms with Crippen molar-refractivity contribution in [1.29, 1.82) is 0 Å². The van der Waals surface area contributed by atoms with Crippen molar-refractivity contribution in [2.45, 2.75) is 56.7 Å². The predicted octanol–water partition coefficient (Wildman–Crippen LogP) is 3.18. The van der Waals surface area contributed by atoms with Gasteiger partial charge in [-0.2, -0.15) is 0 Å². The average molecular weight is 321 g/mol. The van der Waals surface area contributed by atoms with Crippen LogP contribution in [0.5, 0.6) is 0 Å². The van der Waals surface area contributed by atoms with E-state index in [2.05, 4.69) is 30.4 Å². The highest BCUT2D eigenvalue weighted by molar-refractivity contribution is 7.91. The van der Waals surface area contributed by atoms with E-state index < -0.39 is 9.84 Å². The first kappa shape index (κ1) is 16.0. The Morgan fingerprint density at radius 2 is 1.86 bits per heavy atom. The normalized spacial score (nSPS) is 28.5. The van der Waals surface area contributed by atoms with E-state index in [4.69, 9.17) is 0 Å². The van der Waals surface area contributed by atoms with Crippen molar-refractivity contribution in [2.24, 2.45) is 5.92 Å². The lowest BCUT2D eigenvalue weighted by Gasteiger charge is -2.28. The van der Waals surface area contributed by atoms with E-state index in [1.165, 1.54) is 35.8 Å². The summed E-state index contributed by atoms with van der Waals surface area (Å²) in [5.41, 5.74) is 4.30. The van der Waals surface area contributed by atoms with Gasteiger partial charge in [0.25, 0.3) is 0 Å². The second-order valence-electron chi connectivity index (χ2n) is 7.17. The molecule has 1 fully saturated rings. The van der Waals surface area contributed by atoms with Crippen LogP contribution in [0.1, 0.15) is 54.8 Å². The molecule has 1 aromatic carbocycles. The van der Waals surface area contributed by atoms with Crippen LogP contribution in [0.25, 0.3) is 0 Å².